The molecule has 2 amide bonds. The van der Waals surface area contributed by atoms with Crippen LogP contribution in [-0.2, 0) is 32.0 Å². The zero-order chi connectivity index (χ0) is 24.6. The smallest absolute Gasteiger partial charge is 0.352 e. The molecule has 2 aromatic heterocycles. The predicted molar refractivity (Wildman–Crippen MR) is 123 cm³/mol. The Hall–Kier alpha value is -2.82. The highest BCUT2D eigenvalue weighted by molar-refractivity contribution is 8.01. The van der Waals surface area contributed by atoms with Gasteiger partial charge >= 0.3 is 11.9 Å². The highest BCUT2D eigenvalue weighted by Gasteiger charge is 2.54. The number of amides is 2. The van der Waals surface area contributed by atoms with Gasteiger partial charge in [-0.2, -0.15) is 4.73 Å². The Balaban J connectivity index is 1.41. The van der Waals surface area contributed by atoms with Crippen LogP contribution in [0.5, 0.6) is 0 Å². The van der Waals surface area contributed by atoms with Crippen molar-refractivity contribution in [3.05, 3.63) is 38.2 Å². The van der Waals surface area contributed by atoms with Crippen molar-refractivity contribution in [2.45, 2.75) is 28.6 Å². The van der Waals surface area contributed by atoms with Crippen LogP contribution in [0.1, 0.15) is 11.4 Å². The van der Waals surface area contributed by atoms with Crippen molar-refractivity contribution in [1.82, 2.24) is 19.9 Å². The summed E-state index contributed by atoms with van der Waals surface area (Å²) in [4.78, 5) is 53.1. The van der Waals surface area contributed by atoms with Crippen molar-refractivity contribution in [3.8, 4) is 0 Å². The van der Waals surface area contributed by atoms with Crippen molar-refractivity contribution >= 4 is 70.0 Å². The molecule has 180 valence electrons. The van der Waals surface area contributed by atoms with Gasteiger partial charge in [0, 0.05) is 22.3 Å². The van der Waals surface area contributed by atoms with Crippen molar-refractivity contribution in [2.75, 3.05) is 11.5 Å². The number of nitrogens with zero attached hydrogens (tertiary/aromatic N) is 3. The number of hydrogen-bond donors (Lipinski definition) is 5. The average molecular weight is 544 g/mol. The minimum absolute atomic E-state index is 0.112. The lowest BCUT2D eigenvalue weighted by Gasteiger charge is -2.49. The number of rotatable bonds is 9. The minimum Gasteiger partial charge on any atom is -0.481 e. The Labute approximate surface area is 207 Å². The normalized spacial score (nSPS) is 19.5. The third-order valence-corrected chi connectivity index (χ3v) is 9.19. The van der Waals surface area contributed by atoms with E-state index in [1.165, 1.54) is 45.1 Å². The molecule has 4 rings (SSSR count). The number of aliphatic carboxylic acids is 2. The van der Waals surface area contributed by atoms with Crippen LogP contribution in [0, 0.1) is 5.41 Å². The van der Waals surface area contributed by atoms with E-state index < -0.39 is 35.2 Å². The van der Waals surface area contributed by atoms with E-state index in [1.807, 2.05) is 0 Å². The van der Waals surface area contributed by atoms with Gasteiger partial charge < -0.3 is 20.7 Å². The first-order valence-corrected chi connectivity index (χ1v) is 13.4. The maximum atomic E-state index is 12.7. The predicted octanol–water partition coefficient (Wildman–Crippen LogP) is 0.423. The fourth-order valence-corrected chi connectivity index (χ4v) is 7.37. The highest BCUT2D eigenvalue weighted by atomic mass is 32.2. The zero-order valence-electron chi connectivity index (χ0n) is 17.1. The molecule has 2 aliphatic heterocycles. The number of β-lactam (4-membered cyclic amide) rings is 1. The second-order valence-corrected chi connectivity index (χ2v) is 11.2. The van der Waals surface area contributed by atoms with Crippen LogP contribution in [0.2, 0.25) is 0 Å². The summed E-state index contributed by atoms with van der Waals surface area (Å²) in [7, 11) is 0. The molecule has 0 radical (unpaired) electrons. The van der Waals surface area contributed by atoms with Gasteiger partial charge in [-0.05, 0) is 5.57 Å². The van der Waals surface area contributed by atoms with Gasteiger partial charge in [0.2, 0.25) is 10.7 Å². The number of carboxylic acids is 2. The quantitative estimate of drug-likeness (QED) is 0.169. The summed E-state index contributed by atoms with van der Waals surface area (Å²) in [5.41, 5.74) is 1.06. The summed E-state index contributed by atoms with van der Waals surface area (Å²) in [5.74, 6) is -2.68. The molecule has 5 N–H and O–H groups in total. The molecule has 34 heavy (non-hydrogen) atoms. The molecule has 0 spiro atoms. The summed E-state index contributed by atoms with van der Waals surface area (Å²) < 4.78 is 1.20. The van der Waals surface area contributed by atoms with E-state index in [0.717, 1.165) is 11.3 Å². The Kier molecular flexibility index (Phi) is 7.01. The second-order valence-electron chi connectivity index (χ2n) is 7.20. The van der Waals surface area contributed by atoms with E-state index in [-0.39, 0.29) is 34.8 Å². The SMILES string of the molecule is N=c1scc(CC(=O)NC2C(=O)N3C(C(=O)O)=C(CSc4nc(CC(=O)O)cs4)CS[C@H]23)n1O. The van der Waals surface area contributed by atoms with Gasteiger partial charge in [0.25, 0.3) is 5.91 Å². The number of hydrogen-bond acceptors (Lipinski definition) is 11. The van der Waals surface area contributed by atoms with Gasteiger partial charge in [0.15, 0.2) is 0 Å². The summed E-state index contributed by atoms with van der Waals surface area (Å²) >= 11 is 4.84. The van der Waals surface area contributed by atoms with Gasteiger partial charge in [0.1, 0.15) is 21.5 Å². The largest absolute Gasteiger partial charge is 0.481 e. The first-order valence-electron chi connectivity index (χ1n) is 9.57. The molecule has 0 aliphatic carbocycles. The summed E-state index contributed by atoms with van der Waals surface area (Å²) in [5, 5.41) is 40.9. The van der Waals surface area contributed by atoms with Crippen molar-refractivity contribution in [1.29, 1.82) is 5.41 Å². The van der Waals surface area contributed by atoms with E-state index in [0.29, 0.717) is 26.1 Å². The van der Waals surface area contributed by atoms with Crippen LogP contribution >= 0.6 is 46.2 Å². The number of thioether (sulfide) groups is 2. The molecule has 2 aliphatic rings. The molecule has 2 aromatic rings. The number of fused-ring (bicyclic) bond motifs is 1. The lowest BCUT2D eigenvalue weighted by molar-refractivity contribution is -0.150. The van der Waals surface area contributed by atoms with Crippen LogP contribution in [0.4, 0.5) is 0 Å². The van der Waals surface area contributed by atoms with E-state index in [4.69, 9.17) is 10.5 Å². The highest BCUT2D eigenvalue weighted by Crippen LogP contribution is 2.41. The van der Waals surface area contributed by atoms with E-state index in [1.54, 1.807) is 5.38 Å². The van der Waals surface area contributed by atoms with Crippen molar-refractivity contribution in [2.24, 2.45) is 0 Å². The zero-order valence-corrected chi connectivity index (χ0v) is 20.4. The van der Waals surface area contributed by atoms with Crippen LogP contribution in [-0.4, -0.2) is 76.7 Å². The average Bonchev–Trinajstić information content (AvgIpc) is 3.35. The Morgan fingerprint density at radius 2 is 2.00 bits per heavy atom. The maximum absolute atomic E-state index is 12.7. The van der Waals surface area contributed by atoms with E-state index in [9.17, 15) is 29.5 Å². The van der Waals surface area contributed by atoms with E-state index in [2.05, 4.69) is 10.3 Å². The number of nitrogens with one attached hydrogen (secondary N) is 2. The van der Waals surface area contributed by atoms with Gasteiger partial charge in [-0.15, -0.1) is 34.4 Å². The minimum atomic E-state index is -1.24. The third kappa shape index (κ3) is 4.84. The fourth-order valence-electron chi connectivity index (χ4n) is 3.39. The van der Waals surface area contributed by atoms with Gasteiger partial charge in [-0.25, -0.2) is 9.78 Å². The molecule has 0 aromatic carbocycles. The molecule has 0 bridgehead atoms. The summed E-state index contributed by atoms with van der Waals surface area (Å²) in [6.07, 6.45) is -0.420. The summed E-state index contributed by atoms with van der Waals surface area (Å²) in [6, 6.07) is -0.889. The van der Waals surface area contributed by atoms with Crippen LogP contribution < -0.4 is 10.1 Å². The summed E-state index contributed by atoms with van der Waals surface area (Å²) in [6.45, 7) is 0. The van der Waals surface area contributed by atoms with Crippen LogP contribution in [0.3, 0.4) is 0 Å². The second kappa shape index (κ2) is 9.81. The third-order valence-electron chi connectivity index (χ3n) is 4.91. The maximum Gasteiger partial charge on any atom is 0.352 e. The molecule has 12 nitrogen and oxygen atoms in total. The first-order chi connectivity index (χ1) is 16.2. The molecule has 4 heterocycles. The Bertz CT molecular complexity index is 1270. The van der Waals surface area contributed by atoms with Crippen molar-refractivity contribution < 1.29 is 34.6 Å². The van der Waals surface area contributed by atoms with E-state index >= 15 is 0 Å². The fraction of sp³-hybridized carbons (Fsp3) is 0.333. The number of carbonyl (C=O) groups is 4. The number of carboxylic acid groups (broad SMARTS) is 2. The standard InChI is InChI=1S/C18H17N5O7S4/c19-17-23(30)9(6-32-17)2-10(24)21-12-14(27)22-13(16(28)29)7(3-31-15(12)22)4-33-18-20-8(5-34-18)1-11(25)26/h5-6,12,15,19,30H,1-4H2,(H,21,24)(H,25,26)(H,28,29)/t12?,15-/m1/s1. The van der Waals surface area contributed by atoms with Crippen LogP contribution in [0.25, 0.3) is 0 Å². The molecule has 1 unspecified atom stereocenters. The van der Waals surface area contributed by atoms with Gasteiger partial charge in [-0.3, -0.25) is 24.7 Å². The molecule has 1 fully saturated rings. The molecular weight excluding hydrogens is 526 g/mol. The number of carbonyl (C=O) groups excluding carboxylic acids is 2. The lowest BCUT2D eigenvalue weighted by Crippen LogP contribution is -2.70. The molecular formula is C18H17N5O7S4. The molecule has 0 saturated carbocycles. The monoisotopic (exact) mass is 543 g/mol. The Morgan fingerprint density at radius 1 is 1.24 bits per heavy atom. The van der Waals surface area contributed by atoms with Gasteiger partial charge in [-0.1, -0.05) is 11.8 Å². The first kappa shape index (κ1) is 24.3. The molecule has 1 saturated heterocycles. The number of aromatic nitrogens is 2. The number of thiazole rings is 2. The Morgan fingerprint density at radius 3 is 2.65 bits per heavy atom. The van der Waals surface area contributed by atoms with Gasteiger partial charge in [0.05, 0.1) is 24.2 Å². The molecule has 2 atom stereocenters. The van der Waals surface area contributed by atoms with Crippen molar-refractivity contribution in [3.63, 3.8) is 0 Å². The molecule has 16 heteroatoms. The topological polar surface area (TPSA) is 186 Å². The lowest BCUT2D eigenvalue weighted by atomic mass is 10.0. The van der Waals surface area contributed by atoms with Crippen LogP contribution in [0.15, 0.2) is 26.4 Å².